The molecule has 4 heterocycles. The van der Waals surface area contributed by atoms with Crippen LogP contribution in [0.4, 0.5) is 11.5 Å². The van der Waals surface area contributed by atoms with Crippen molar-refractivity contribution in [2.45, 2.75) is 19.0 Å². The van der Waals surface area contributed by atoms with E-state index in [1.807, 2.05) is 30.3 Å². The van der Waals surface area contributed by atoms with Gasteiger partial charge in [-0.2, -0.15) is 5.10 Å². The Morgan fingerprint density at radius 1 is 1.15 bits per heavy atom. The summed E-state index contributed by atoms with van der Waals surface area (Å²) in [6, 6.07) is 16.5. The van der Waals surface area contributed by atoms with Gasteiger partial charge in [0.05, 0.1) is 36.0 Å². The second-order valence-corrected chi connectivity index (χ2v) is 8.50. The van der Waals surface area contributed by atoms with E-state index >= 15 is 0 Å². The Kier molecular flexibility index (Phi) is 4.81. The zero-order chi connectivity index (χ0) is 23.2. The molecule has 6 rings (SSSR count). The lowest BCUT2D eigenvalue weighted by Crippen LogP contribution is -2.34. The molecule has 2 aliphatic rings. The number of hydrogen-bond donors (Lipinski definition) is 3. The lowest BCUT2D eigenvalue weighted by Gasteiger charge is -2.37. The fourth-order valence-electron chi connectivity index (χ4n) is 4.62. The van der Waals surface area contributed by atoms with Crippen LogP contribution < -0.4 is 20.3 Å². The summed E-state index contributed by atoms with van der Waals surface area (Å²) >= 11 is 0. The quantitative estimate of drug-likeness (QED) is 0.375. The minimum Gasteiger partial charge on any atom is -0.496 e. The van der Waals surface area contributed by atoms with Gasteiger partial charge in [-0.25, -0.2) is 9.97 Å². The molecule has 0 amide bonds. The largest absolute Gasteiger partial charge is 0.496 e. The predicted molar refractivity (Wildman–Crippen MR) is 134 cm³/mol. The third-order valence-corrected chi connectivity index (χ3v) is 6.35. The number of aromatic amines is 1. The number of ether oxygens (including phenoxy) is 1. The summed E-state index contributed by atoms with van der Waals surface area (Å²) < 4.78 is 5.67. The first-order valence-corrected chi connectivity index (χ1v) is 11.3. The highest BCUT2D eigenvalue weighted by molar-refractivity contribution is 5.94. The molecule has 0 saturated carbocycles. The second kappa shape index (κ2) is 8.00. The maximum absolute atomic E-state index is 5.67. The van der Waals surface area contributed by atoms with Crippen LogP contribution in [-0.4, -0.2) is 39.9 Å². The van der Waals surface area contributed by atoms with Crippen molar-refractivity contribution in [1.82, 2.24) is 25.5 Å². The highest BCUT2D eigenvalue weighted by atomic mass is 16.5. The SMILES string of the molecule is C=C1c2c(cccc2OC)C=C([C@H](C)Nc2ncnc3n[nH]c(C4CN4)c23)N1c1ccccc1. The number of methoxy groups -OCH3 is 1. The first kappa shape index (κ1) is 20.4. The summed E-state index contributed by atoms with van der Waals surface area (Å²) in [6.45, 7) is 7.53. The molecule has 3 N–H and O–H groups in total. The van der Waals surface area contributed by atoms with E-state index < -0.39 is 0 Å². The van der Waals surface area contributed by atoms with E-state index in [0.717, 1.165) is 57.4 Å². The van der Waals surface area contributed by atoms with Crippen molar-refractivity contribution in [1.29, 1.82) is 0 Å². The summed E-state index contributed by atoms with van der Waals surface area (Å²) in [6.07, 6.45) is 3.74. The van der Waals surface area contributed by atoms with Crippen molar-refractivity contribution < 1.29 is 4.74 Å². The molecule has 1 fully saturated rings. The van der Waals surface area contributed by atoms with Gasteiger partial charge in [-0.15, -0.1) is 0 Å². The minimum absolute atomic E-state index is 0.0932. The Morgan fingerprint density at radius 2 is 1.97 bits per heavy atom. The fraction of sp³-hybridized carbons (Fsp3) is 0.192. The van der Waals surface area contributed by atoms with Gasteiger partial charge in [-0.3, -0.25) is 5.10 Å². The summed E-state index contributed by atoms with van der Waals surface area (Å²) in [7, 11) is 1.69. The van der Waals surface area contributed by atoms with E-state index in [2.05, 4.69) is 73.5 Å². The molecule has 1 unspecified atom stereocenters. The Balaban J connectivity index is 1.45. The van der Waals surface area contributed by atoms with Crippen LogP contribution in [-0.2, 0) is 0 Å². The second-order valence-electron chi connectivity index (χ2n) is 8.50. The molecule has 2 aromatic heterocycles. The molecule has 170 valence electrons. The number of rotatable bonds is 6. The van der Waals surface area contributed by atoms with Crippen molar-refractivity contribution in [3.63, 3.8) is 0 Å². The number of aromatic nitrogens is 4. The van der Waals surface area contributed by atoms with Crippen LogP contribution >= 0.6 is 0 Å². The number of benzene rings is 2. The minimum atomic E-state index is -0.0932. The van der Waals surface area contributed by atoms with E-state index in [-0.39, 0.29) is 12.1 Å². The number of hydrogen-bond acceptors (Lipinski definition) is 7. The topological polar surface area (TPSA) is 101 Å². The summed E-state index contributed by atoms with van der Waals surface area (Å²) in [5.74, 6) is 1.56. The van der Waals surface area contributed by atoms with Crippen LogP contribution in [0.1, 0.15) is 29.8 Å². The number of anilines is 2. The van der Waals surface area contributed by atoms with Gasteiger partial charge < -0.3 is 20.3 Å². The van der Waals surface area contributed by atoms with E-state index in [0.29, 0.717) is 5.65 Å². The number of nitrogens with one attached hydrogen (secondary N) is 3. The first-order chi connectivity index (χ1) is 16.7. The van der Waals surface area contributed by atoms with E-state index in [4.69, 9.17) is 4.74 Å². The third-order valence-electron chi connectivity index (χ3n) is 6.35. The molecular weight excluding hydrogens is 426 g/mol. The monoisotopic (exact) mass is 451 g/mol. The van der Waals surface area contributed by atoms with Gasteiger partial charge in [-0.05, 0) is 36.8 Å². The molecule has 8 nitrogen and oxygen atoms in total. The van der Waals surface area contributed by atoms with Gasteiger partial charge in [0, 0.05) is 23.5 Å². The zero-order valence-corrected chi connectivity index (χ0v) is 19.0. The Bertz CT molecular complexity index is 1420. The number of H-pyrrole nitrogens is 1. The van der Waals surface area contributed by atoms with Gasteiger partial charge in [-0.1, -0.05) is 36.9 Å². The molecule has 0 spiro atoms. The molecule has 0 bridgehead atoms. The van der Waals surface area contributed by atoms with Crippen molar-refractivity contribution >= 4 is 34.3 Å². The lowest BCUT2D eigenvalue weighted by molar-refractivity contribution is 0.413. The molecule has 0 aliphatic carbocycles. The average Bonchev–Trinajstić information content (AvgIpc) is 3.62. The molecule has 2 aromatic carbocycles. The van der Waals surface area contributed by atoms with Crippen molar-refractivity contribution in [3.05, 3.63) is 84.0 Å². The summed E-state index contributed by atoms with van der Waals surface area (Å²) in [4.78, 5) is 11.1. The fourth-order valence-corrected chi connectivity index (χ4v) is 4.62. The number of fused-ring (bicyclic) bond motifs is 2. The van der Waals surface area contributed by atoms with Gasteiger partial charge >= 0.3 is 0 Å². The maximum Gasteiger partial charge on any atom is 0.186 e. The molecule has 4 aromatic rings. The van der Waals surface area contributed by atoms with E-state index in [9.17, 15) is 0 Å². The molecule has 0 radical (unpaired) electrons. The highest BCUT2D eigenvalue weighted by Crippen LogP contribution is 2.42. The molecule has 1 saturated heterocycles. The Labute approximate surface area is 197 Å². The van der Waals surface area contributed by atoms with Gasteiger partial charge in [0.25, 0.3) is 0 Å². The van der Waals surface area contributed by atoms with Crippen molar-refractivity contribution in [2.75, 3.05) is 23.9 Å². The molecular formula is C26H25N7O. The molecule has 34 heavy (non-hydrogen) atoms. The van der Waals surface area contributed by atoms with E-state index in [1.54, 1.807) is 13.4 Å². The predicted octanol–water partition coefficient (Wildman–Crippen LogP) is 4.34. The average molecular weight is 452 g/mol. The third kappa shape index (κ3) is 3.31. The van der Waals surface area contributed by atoms with Crippen LogP contribution in [0.25, 0.3) is 22.8 Å². The van der Waals surface area contributed by atoms with Crippen LogP contribution in [0.3, 0.4) is 0 Å². The summed E-state index contributed by atoms with van der Waals surface area (Å²) in [5.41, 5.74) is 6.68. The van der Waals surface area contributed by atoms with Crippen LogP contribution in [0, 0.1) is 0 Å². The lowest BCUT2D eigenvalue weighted by atomic mass is 9.94. The molecule has 2 atom stereocenters. The molecule has 8 heteroatoms. The van der Waals surface area contributed by atoms with Gasteiger partial charge in [0.1, 0.15) is 17.9 Å². The summed E-state index contributed by atoms with van der Waals surface area (Å²) in [5, 5.41) is 15.4. The van der Waals surface area contributed by atoms with Crippen molar-refractivity contribution in [2.24, 2.45) is 0 Å². The number of para-hydroxylation sites is 1. The number of nitrogens with zero attached hydrogens (tertiary/aromatic N) is 4. The van der Waals surface area contributed by atoms with Gasteiger partial charge in [0.15, 0.2) is 5.65 Å². The first-order valence-electron chi connectivity index (χ1n) is 11.3. The zero-order valence-electron chi connectivity index (χ0n) is 19.0. The van der Waals surface area contributed by atoms with Crippen LogP contribution in [0.15, 0.2) is 67.1 Å². The highest BCUT2D eigenvalue weighted by Gasteiger charge is 2.31. The normalized spacial score (nSPS) is 17.8. The Morgan fingerprint density at radius 3 is 2.74 bits per heavy atom. The van der Waals surface area contributed by atoms with Gasteiger partial charge in [0.2, 0.25) is 0 Å². The van der Waals surface area contributed by atoms with E-state index in [1.165, 1.54) is 0 Å². The van der Waals surface area contributed by atoms with Crippen LogP contribution in [0.5, 0.6) is 5.75 Å². The Hall–Kier alpha value is -4.17. The van der Waals surface area contributed by atoms with Crippen LogP contribution in [0.2, 0.25) is 0 Å². The van der Waals surface area contributed by atoms with Crippen molar-refractivity contribution in [3.8, 4) is 5.75 Å². The smallest absolute Gasteiger partial charge is 0.186 e. The molecule has 2 aliphatic heterocycles. The maximum atomic E-state index is 5.67. The standard InChI is InChI=1S/C26H25N7O/c1-15(30-25-23-24(19-13-27-19)31-32-26(23)29-14-28-25)20-12-17-8-7-11-21(34-3)22(17)16(2)33(20)18-9-5-4-6-10-18/h4-12,14-15,19,27H,2,13H2,1,3H3,(H2,28,29,30,31,32)/t15-,19?/m0/s1.